The second-order valence-corrected chi connectivity index (χ2v) is 6.62. The number of carbonyl (C=O) groups is 1. The van der Waals surface area contributed by atoms with Crippen LogP contribution in [-0.4, -0.2) is 21.3 Å². The molecule has 0 amide bonds. The van der Waals surface area contributed by atoms with E-state index in [2.05, 4.69) is 4.98 Å². The van der Waals surface area contributed by atoms with Crippen LogP contribution in [-0.2, 0) is 13.2 Å². The number of aromatic carboxylic acids is 1. The van der Waals surface area contributed by atoms with Crippen LogP contribution in [0.1, 0.15) is 21.6 Å². The van der Waals surface area contributed by atoms with E-state index in [0.29, 0.717) is 11.5 Å². The lowest BCUT2D eigenvalue weighted by atomic mass is 10.2. The summed E-state index contributed by atoms with van der Waals surface area (Å²) in [5, 5.41) is 19.5. The molecule has 0 radical (unpaired) electrons. The van der Waals surface area contributed by atoms with Crippen molar-refractivity contribution < 1.29 is 33.7 Å². The Balaban J connectivity index is 1.64. The molecule has 156 valence electrons. The van der Waals surface area contributed by atoms with Crippen molar-refractivity contribution in [2.45, 2.75) is 13.2 Å². The van der Waals surface area contributed by atoms with Gasteiger partial charge in [0.15, 0.2) is 11.4 Å². The van der Waals surface area contributed by atoms with Crippen LogP contribution in [0.3, 0.4) is 0 Å². The molecule has 0 unspecified atom stereocenters. The van der Waals surface area contributed by atoms with Gasteiger partial charge in [0, 0.05) is 4.73 Å². The van der Waals surface area contributed by atoms with E-state index < -0.39 is 5.97 Å². The van der Waals surface area contributed by atoms with Crippen LogP contribution in [0.4, 0.5) is 0 Å². The molecular formula is C23H19N2O6+. The van der Waals surface area contributed by atoms with Crippen LogP contribution in [0, 0.1) is 0 Å². The van der Waals surface area contributed by atoms with Gasteiger partial charge in [0.2, 0.25) is 5.75 Å². The van der Waals surface area contributed by atoms with Gasteiger partial charge in [0.05, 0.1) is 6.07 Å². The van der Waals surface area contributed by atoms with E-state index >= 15 is 0 Å². The fourth-order valence-corrected chi connectivity index (χ4v) is 2.85. The zero-order chi connectivity index (χ0) is 21.6. The van der Waals surface area contributed by atoms with Gasteiger partial charge in [0.1, 0.15) is 19.5 Å². The average molecular weight is 419 g/mol. The molecule has 0 atom stereocenters. The SMILES string of the molecule is O=C(O)c1coc(-c2cc(OCc3ccccc3)c(OCc3ccccc3)c[n+]2O)n1. The molecule has 0 saturated carbocycles. The minimum atomic E-state index is -1.23. The Hall–Kier alpha value is -4.33. The van der Waals surface area contributed by atoms with Crippen molar-refractivity contribution in [1.82, 2.24) is 4.98 Å². The zero-order valence-corrected chi connectivity index (χ0v) is 16.3. The highest BCUT2D eigenvalue weighted by atomic mass is 16.5. The molecule has 2 aromatic carbocycles. The van der Waals surface area contributed by atoms with Crippen molar-refractivity contribution in [3.05, 3.63) is 96.0 Å². The molecule has 0 fully saturated rings. The minimum Gasteiger partial charge on any atom is -0.484 e. The first kappa shape index (κ1) is 20.0. The number of benzene rings is 2. The highest BCUT2D eigenvalue weighted by Crippen LogP contribution is 2.31. The normalized spacial score (nSPS) is 10.6. The third-order valence-corrected chi connectivity index (χ3v) is 4.41. The second kappa shape index (κ2) is 9.00. The lowest BCUT2D eigenvalue weighted by Gasteiger charge is -2.12. The highest BCUT2D eigenvalue weighted by Gasteiger charge is 2.26. The number of aromatic nitrogens is 2. The maximum atomic E-state index is 11.1. The standard InChI is InChI=1S/C23H18N2O6/c26-23(27)18-15-31-22(24-18)19-11-20(29-13-16-7-3-1-4-8-16)21(12-25(19)28)30-14-17-9-5-2-6-10-17/h1-12,15H,13-14H2,(H-,24,26,27,28)/p+1. The maximum Gasteiger partial charge on any atom is 0.357 e. The summed E-state index contributed by atoms with van der Waals surface area (Å²) in [6.07, 6.45) is 2.32. The predicted molar refractivity (Wildman–Crippen MR) is 108 cm³/mol. The quantitative estimate of drug-likeness (QED) is 0.331. The summed E-state index contributed by atoms with van der Waals surface area (Å²) < 4.78 is 17.8. The van der Waals surface area contributed by atoms with Crippen LogP contribution in [0.5, 0.6) is 11.5 Å². The molecule has 0 spiro atoms. The van der Waals surface area contributed by atoms with E-state index in [1.807, 2.05) is 60.7 Å². The Kier molecular flexibility index (Phi) is 5.79. The molecule has 0 saturated heterocycles. The molecule has 31 heavy (non-hydrogen) atoms. The lowest BCUT2D eigenvalue weighted by Crippen LogP contribution is -2.33. The van der Waals surface area contributed by atoms with Crippen LogP contribution >= 0.6 is 0 Å². The lowest BCUT2D eigenvalue weighted by molar-refractivity contribution is -0.896. The first-order chi connectivity index (χ1) is 15.1. The number of hydrogen-bond acceptors (Lipinski definition) is 6. The summed E-state index contributed by atoms with van der Waals surface area (Å²) in [5.74, 6) is -0.659. The van der Waals surface area contributed by atoms with Gasteiger partial charge in [0.25, 0.3) is 12.1 Å². The summed E-state index contributed by atoms with van der Waals surface area (Å²) in [7, 11) is 0. The van der Waals surface area contributed by atoms with Crippen molar-refractivity contribution in [3.63, 3.8) is 0 Å². The highest BCUT2D eigenvalue weighted by molar-refractivity contribution is 5.85. The van der Waals surface area contributed by atoms with E-state index in [0.717, 1.165) is 22.1 Å². The molecular weight excluding hydrogens is 400 g/mol. The minimum absolute atomic E-state index is 0.0703. The first-order valence-electron chi connectivity index (χ1n) is 9.42. The number of hydrogen-bond donors (Lipinski definition) is 2. The van der Waals surface area contributed by atoms with Crippen molar-refractivity contribution in [3.8, 4) is 23.1 Å². The Morgan fingerprint density at radius 2 is 1.52 bits per heavy atom. The van der Waals surface area contributed by atoms with Crippen molar-refractivity contribution >= 4 is 5.97 Å². The molecule has 4 aromatic rings. The Labute approximate surface area is 177 Å². The molecule has 0 bridgehead atoms. The molecule has 4 rings (SSSR count). The largest absolute Gasteiger partial charge is 0.484 e. The van der Waals surface area contributed by atoms with Gasteiger partial charge >= 0.3 is 11.7 Å². The topological polar surface area (TPSA) is 106 Å². The molecule has 8 nitrogen and oxygen atoms in total. The molecule has 0 aliphatic rings. The summed E-state index contributed by atoms with van der Waals surface area (Å²) in [6, 6.07) is 20.6. The molecule has 2 N–H and O–H groups in total. The Morgan fingerprint density at radius 1 is 0.935 bits per heavy atom. The van der Waals surface area contributed by atoms with Gasteiger partial charge in [-0.05, 0) is 11.1 Å². The van der Waals surface area contributed by atoms with Crippen LogP contribution in [0.25, 0.3) is 11.6 Å². The number of ether oxygens (including phenoxy) is 2. The smallest absolute Gasteiger partial charge is 0.357 e. The van der Waals surface area contributed by atoms with Gasteiger partial charge in [-0.1, -0.05) is 60.7 Å². The van der Waals surface area contributed by atoms with Crippen molar-refractivity contribution in [2.75, 3.05) is 0 Å². The van der Waals surface area contributed by atoms with E-state index in [1.165, 1.54) is 12.3 Å². The van der Waals surface area contributed by atoms with Crippen molar-refractivity contribution in [1.29, 1.82) is 0 Å². The van der Waals surface area contributed by atoms with Crippen LogP contribution in [0.2, 0.25) is 0 Å². The summed E-state index contributed by atoms with van der Waals surface area (Å²) in [6.45, 7) is 0.535. The van der Waals surface area contributed by atoms with Crippen LogP contribution < -0.4 is 14.2 Å². The second-order valence-electron chi connectivity index (χ2n) is 6.62. The van der Waals surface area contributed by atoms with Crippen LogP contribution in [0.15, 0.2) is 83.6 Å². The Bertz CT molecular complexity index is 1180. The van der Waals surface area contributed by atoms with E-state index in [-0.39, 0.29) is 30.5 Å². The third-order valence-electron chi connectivity index (χ3n) is 4.41. The monoisotopic (exact) mass is 419 g/mol. The molecule has 8 heteroatoms. The summed E-state index contributed by atoms with van der Waals surface area (Å²) in [5.41, 5.74) is 1.74. The van der Waals surface area contributed by atoms with Gasteiger partial charge in [-0.15, -0.1) is 0 Å². The number of carboxylic acid groups (broad SMARTS) is 1. The van der Waals surface area contributed by atoms with Crippen molar-refractivity contribution in [2.24, 2.45) is 0 Å². The number of pyridine rings is 1. The third kappa shape index (κ3) is 4.81. The van der Waals surface area contributed by atoms with Gasteiger partial charge in [-0.3, -0.25) is 5.21 Å². The summed E-state index contributed by atoms with van der Waals surface area (Å²) in [4.78, 5) is 15.0. The number of carboxylic acids is 1. The van der Waals surface area contributed by atoms with Gasteiger partial charge in [-0.25, -0.2) is 4.79 Å². The summed E-state index contributed by atoms with van der Waals surface area (Å²) >= 11 is 0. The molecule has 2 aromatic heterocycles. The first-order valence-corrected chi connectivity index (χ1v) is 9.42. The van der Waals surface area contributed by atoms with E-state index in [1.54, 1.807) is 0 Å². The molecule has 2 heterocycles. The van der Waals surface area contributed by atoms with Gasteiger partial charge in [-0.2, -0.15) is 4.98 Å². The van der Waals surface area contributed by atoms with E-state index in [4.69, 9.17) is 19.0 Å². The number of rotatable bonds is 8. The average Bonchev–Trinajstić information content (AvgIpc) is 3.29. The fourth-order valence-electron chi connectivity index (χ4n) is 2.85. The fraction of sp³-hybridized carbons (Fsp3) is 0.0870. The van der Waals surface area contributed by atoms with E-state index in [9.17, 15) is 10.0 Å². The zero-order valence-electron chi connectivity index (χ0n) is 16.3. The van der Waals surface area contributed by atoms with Gasteiger partial charge < -0.3 is 19.0 Å². The number of nitrogens with zero attached hydrogens (tertiary/aromatic N) is 2. The Morgan fingerprint density at radius 3 is 2.06 bits per heavy atom. The maximum absolute atomic E-state index is 11.1. The number of oxazole rings is 1. The molecule has 0 aliphatic carbocycles. The molecule has 0 aliphatic heterocycles. The predicted octanol–water partition coefficient (Wildman–Crippen LogP) is 3.72.